The molecule has 0 saturated heterocycles. The smallest absolute Gasteiger partial charge is 0.193 e. The van der Waals surface area contributed by atoms with E-state index in [2.05, 4.69) is 62.4 Å². The van der Waals surface area contributed by atoms with Crippen LogP contribution in [-0.2, 0) is 24.0 Å². The zero-order chi connectivity index (χ0) is 40.3. The molecule has 0 unspecified atom stereocenters. The summed E-state index contributed by atoms with van der Waals surface area (Å²) in [5, 5.41) is 26.3. The molecule has 0 spiro atoms. The minimum absolute atomic E-state index is 0.115. The summed E-state index contributed by atoms with van der Waals surface area (Å²) in [6.07, 6.45) is 11.9. The van der Waals surface area contributed by atoms with Crippen LogP contribution in [0, 0.1) is 0 Å². The van der Waals surface area contributed by atoms with Crippen molar-refractivity contribution < 1.29 is 19.8 Å². The molecule has 4 nitrogen and oxygen atoms in total. The van der Waals surface area contributed by atoms with E-state index in [9.17, 15) is 19.8 Å². The summed E-state index contributed by atoms with van der Waals surface area (Å²) in [4.78, 5) is 29.4. The maximum atomic E-state index is 14.7. The molecule has 0 heterocycles. The SMILES string of the molecule is CCCCCCc1ccc(-c2ccc([C@]3(O)/C(=C4\C(=O)c5ccccc5[C@]4(O)c4ccc(-c5ccc(CCCCCC)cc5)cc4)C(=O)c4ccccc43)cc2)cc1. The first-order chi connectivity index (χ1) is 28.3. The normalized spacial score (nSPS) is 19.7. The highest BCUT2D eigenvalue weighted by atomic mass is 16.3. The predicted molar refractivity (Wildman–Crippen MR) is 234 cm³/mol. The van der Waals surface area contributed by atoms with E-state index in [1.165, 1.54) is 62.5 Å². The van der Waals surface area contributed by atoms with Crippen molar-refractivity contribution >= 4 is 11.6 Å². The molecule has 2 aliphatic carbocycles. The third-order valence-electron chi connectivity index (χ3n) is 12.4. The van der Waals surface area contributed by atoms with Gasteiger partial charge in [-0.25, -0.2) is 0 Å². The molecule has 0 radical (unpaired) electrons. The predicted octanol–water partition coefficient (Wildman–Crippen LogP) is 12.1. The second kappa shape index (κ2) is 16.7. The lowest BCUT2D eigenvalue weighted by Crippen LogP contribution is -2.36. The van der Waals surface area contributed by atoms with Gasteiger partial charge < -0.3 is 10.2 Å². The Hall–Kier alpha value is -5.68. The van der Waals surface area contributed by atoms with E-state index < -0.39 is 22.8 Å². The van der Waals surface area contributed by atoms with Gasteiger partial charge in [0, 0.05) is 22.3 Å². The Morgan fingerprint density at radius 1 is 0.397 bits per heavy atom. The van der Waals surface area contributed by atoms with E-state index >= 15 is 0 Å². The number of carbonyl (C=O) groups is 2. The van der Waals surface area contributed by atoms with Gasteiger partial charge in [0.05, 0.1) is 11.1 Å². The number of aryl methyl sites for hydroxylation is 2. The lowest BCUT2D eigenvalue weighted by atomic mass is 9.75. The van der Waals surface area contributed by atoms with Crippen molar-refractivity contribution in [3.63, 3.8) is 0 Å². The van der Waals surface area contributed by atoms with Crippen molar-refractivity contribution in [1.82, 2.24) is 0 Å². The molecule has 292 valence electrons. The van der Waals surface area contributed by atoms with Crippen molar-refractivity contribution in [3.8, 4) is 22.3 Å². The zero-order valence-corrected chi connectivity index (χ0v) is 33.6. The van der Waals surface area contributed by atoms with E-state index in [4.69, 9.17) is 0 Å². The second-order valence-corrected chi connectivity index (χ2v) is 16.1. The number of carbonyl (C=O) groups excluding carboxylic acids is 2. The van der Waals surface area contributed by atoms with Crippen molar-refractivity contribution in [3.05, 3.63) is 201 Å². The topological polar surface area (TPSA) is 74.6 Å². The third kappa shape index (κ3) is 6.99. The molecule has 2 atom stereocenters. The molecular weight excluding hydrogens is 713 g/mol. The summed E-state index contributed by atoms with van der Waals surface area (Å²) in [6.45, 7) is 4.45. The first-order valence-electron chi connectivity index (χ1n) is 21.2. The Morgan fingerprint density at radius 3 is 1.07 bits per heavy atom. The molecule has 0 fully saturated rings. The molecule has 8 rings (SSSR count). The Labute approximate surface area is 342 Å². The van der Waals surface area contributed by atoms with Crippen LogP contribution in [-0.4, -0.2) is 21.8 Å². The highest BCUT2D eigenvalue weighted by Gasteiger charge is 2.57. The van der Waals surface area contributed by atoms with E-state index in [0.717, 1.165) is 35.1 Å². The van der Waals surface area contributed by atoms with Crippen LogP contribution in [0.1, 0.15) is 119 Å². The van der Waals surface area contributed by atoms with Gasteiger partial charge in [-0.3, -0.25) is 9.59 Å². The lowest BCUT2D eigenvalue weighted by Gasteiger charge is -2.32. The molecule has 0 saturated carbocycles. The van der Waals surface area contributed by atoms with E-state index in [1.807, 2.05) is 48.5 Å². The van der Waals surface area contributed by atoms with Gasteiger partial charge in [-0.2, -0.15) is 0 Å². The minimum atomic E-state index is -2.01. The van der Waals surface area contributed by atoms with E-state index in [0.29, 0.717) is 33.4 Å². The molecule has 0 aliphatic heterocycles. The van der Waals surface area contributed by atoms with Crippen LogP contribution in [0.4, 0.5) is 0 Å². The second-order valence-electron chi connectivity index (χ2n) is 16.1. The average Bonchev–Trinajstić information content (AvgIpc) is 3.63. The molecule has 0 amide bonds. The summed E-state index contributed by atoms with van der Waals surface area (Å²) in [6, 6.07) is 46.3. The third-order valence-corrected chi connectivity index (χ3v) is 12.4. The summed E-state index contributed by atoms with van der Waals surface area (Å²) >= 11 is 0. The fourth-order valence-electron chi connectivity index (χ4n) is 9.10. The molecule has 0 bridgehead atoms. The van der Waals surface area contributed by atoms with Crippen LogP contribution in [0.2, 0.25) is 0 Å². The number of hydrogen-bond acceptors (Lipinski definition) is 4. The number of hydrogen-bond donors (Lipinski definition) is 2. The van der Waals surface area contributed by atoms with Crippen molar-refractivity contribution in [2.24, 2.45) is 0 Å². The first kappa shape index (κ1) is 39.2. The van der Waals surface area contributed by atoms with Gasteiger partial charge in [0.1, 0.15) is 11.2 Å². The van der Waals surface area contributed by atoms with Crippen LogP contribution in [0.3, 0.4) is 0 Å². The summed E-state index contributed by atoms with van der Waals surface area (Å²) < 4.78 is 0. The summed E-state index contributed by atoms with van der Waals surface area (Å²) in [5.41, 5.74) is 4.71. The van der Waals surface area contributed by atoms with Gasteiger partial charge in [0.25, 0.3) is 0 Å². The summed E-state index contributed by atoms with van der Waals surface area (Å²) in [5.74, 6) is -0.949. The maximum absolute atomic E-state index is 14.7. The van der Waals surface area contributed by atoms with Crippen molar-refractivity contribution in [2.75, 3.05) is 0 Å². The number of rotatable bonds is 14. The highest BCUT2D eigenvalue weighted by molar-refractivity contribution is 6.25. The fraction of sp³-hybridized carbons (Fsp3) is 0.259. The number of unbranched alkanes of at least 4 members (excludes halogenated alkanes) is 6. The lowest BCUT2D eigenvalue weighted by molar-refractivity contribution is 0.0803. The molecule has 6 aromatic rings. The molecule has 0 aromatic heterocycles. The van der Waals surface area contributed by atoms with Gasteiger partial charge in [-0.15, -0.1) is 0 Å². The molecule has 6 aromatic carbocycles. The monoisotopic (exact) mass is 764 g/mol. The minimum Gasteiger partial charge on any atom is -0.376 e. The van der Waals surface area contributed by atoms with Crippen LogP contribution >= 0.6 is 0 Å². The van der Waals surface area contributed by atoms with Crippen molar-refractivity contribution in [2.45, 2.75) is 89.3 Å². The Kier molecular flexibility index (Phi) is 11.2. The van der Waals surface area contributed by atoms with Gasteiger partial charge in [0.2, 0.25) is 0 Å². The Balaban J connectivity index is 1.18. The number of Topliss-reactive ketones (excluding diaryl/α,β-unsaturated/α-hetero) is 2. The zero-order valence-electron chi connectivity index (χ0n) is 33.6. The Bertz CT molecular complexity index is 2280. The van der Waals surface area contributed by atoms with E-state index in [-0.39, 0.29) is 11.1 Å². The number of aliphatic hydroxyl groups is 2. The largest absolute Gasteiger partial charge is 0.376 e. The molecule has 2 N–H and O–H groups in total. The molecular formula is C54H52O4. The highest BCUT2D eigenvalue weighted by Crippen LogP contribution is 2.55. The molecule has 58 heavy (non-hydrogen) atoms. The van der Waals surface area contributed by atoms with Crippen LogP contribution in [0.15, 0.2) is 157 Å². The number of ketones is 2. The van der Waals surface area contributed by atoms with Gasteiger partial charge in [-0.05, 0) is 70.2 Å². The molecule has 4 heteroatoms. The summed E-state index contributed by atoms with van der Waals surface area (Å²) in [7, 11) is 0. The van der Waals surface area contributed by atoms with Crippen LogP contribution in [0.5, 0.6) is 0 Å². The van der Waals surface area contributed by atoms with Crippen LogP contribution < -0.4 is 0 Å². The Morgan fingerprint density at radius 2 is 0.724 bits per heavy atom. The number of benzene rings is 6. The quantitative estimate of drug-likeness (QED) is 0.0855. The number of fused-ring (bicyclic) bond motifs is 2. The van der Waals surface area contributed by atoms with Gasteiger partial charge in [0.15, 0.2) is 11.6 Å². The van der Waals surface area contributed by atoms with Crippen molar-refractivity contribution in [1.29, 1.82) is 0 Å². The first-order valence-corrected chi connectivity index (χ1v) is 21.2. The average molecular weight is 765 g/mol. The maximum Gasteiger partial charge on any atom is 0.193 e. The molecule has 2 aliphatic rings. The standard InChI is InChI=1S/C54H52O4/c1-3-5-7-9-15-37-21-25-39(26-22-37)41-29-33-43(34-30-41)53(57)47-19-13-11-17-45(47)51(55)49(53)50-52(56)46-18-12-14-20-48(46)54(50,58)44-35-31-42(32-36-44)40-27-23-38(24-28-40)16-10-8-6-4-2/h11-14,17-36,57-58H,3-10,15-16H2,1-2H3/b50-49+/t53-,54-/m1/s1. The van der Waals surface area contributed by atoms with Gasteiger partial charge >= 0.3 is 0 Å². The van der Waals surface area contributed by atoms with E-state index in [1.54, 1.807) is 48.5 Å². The van der Waals surface area contributed by atoms with Gasteiger partial charge in [-0.1, -0.05) is 198 Å². The fourth-order valence-corrected chi connectivity index (χ4v) is 9.10. The van der Waals surface area contributed by atoms with Crippen LogP contribution in [0.25, 0.3) is 22.3 Å².